The molecular weight excluding hydrogens is 213 g/mol. The van der Waals surface area contributed by atoms with E-state index in [1.54, 1.807) is 0 Å². The molecule has 0 aromatic heterocycles. The number of aliphatic hydroxyl groups is 1. The molecule has 84 valence electrons. The number of allylic oxidation sites excluding steroid dienone is 2. The second-order valence-electron chi connectivity index (χ2n) is 3.04. The van der Waals surface area contributed by atoms with Gasteiger partial charge in [-0.05, 0) is 18.6 Å². The standard InChI is InChI=1S/C9H9F3O3/c1-15-8(14)6-3-2-5(13)4-7(6)9(10,11)12/h2,4,6,13H,3H2,1H3. The van der Waals surface area contributed by atoms with Gasteiger partial charge in [0.05, 0.1) is 18.6 Å². The molecule has 0 heterocycles. The fraction of sp³-hybridized carbons (Fsp3) is 0.444. The van der Waals surface area contributed by atoms with E-state index >= 15 is 0 Å². The Balaban J connectivity index is 3.03. The number of hydrogen-bond donors (Lipinski definition) is 1. The van der Waals surface area contributed by atoms with Crippen LogP contribution in [0.3, 0.4) is 0 Å². The third kappa shape index (κ3) is 2.51. The zero-order valence-electron chi connectivity index (χ0n) is 7.84. The summed E-state index contributed by atoms with van der Waals surface area (Å²) in [6, 6.07) is 0. The van der Waals surface area contributed by atoms with Crippen molar-refractivity contribution in [2.24, 2.45) is 5.92 Å². The molecule has 1 atom stereocenters. The van der Waals surface area contributed by atoms with Crippen LogP contribution in [0.4, 0.5) is 13.2 Å². The van der Waals surface area contributed by atoms with Crippen LogP contribution < -0.4 is 0 Å². The van der Waals surface area contributed by atoms with Gasteiger partial charge >= 0.3 is 12.1 Å². The van der Waals surface area contributed by atoms with Crippen LogP contribution in [-0.4, -0.2) is 24.4 Å². The Bertz CT molecular complexity index is 328. The third-order valence-electron chi connectivity index (χ3n) is 2.05. The van der Waals surface area contributed by atoms with E-state index in [-0.39, 0.29) is 6.42 Å². The highest BCUT2D eigenvalue weighted by atomic mass is 19.4. The van der Waals surface area contributed by atoms with E-state index < -0.39 is 29.4 Å². The van der Waals surface area contributed by atoms with Gasteiger partial charge in [0.25, 0.3) is 0 Å². The van der Waals surface area contributed by atoms with Crippen LogP contribution >= 0.6 is 0 Å². The van der Waals surface area contributed by atoms with Gasteiger partial charge < -0.3 is 9.84 Å². The summed E-state index contributed by atoms with van der Waals surface area (Å²) < 4.78 is 41.6. The summed E-state index contributed by atoms with van der Waals surface area (Å²) in [4.78, 5) is 11.1. The van der Waals surface area contributed by atoms with Crippen LogP contribution in [0.5, 0.6) is 0 Å². The van der Waals surface area contributed by atoms with Crippen molar-refractivity contribution in [1.29, 1.82) is 0 Å². The molecule has 0 saturated heterocycles. The number of esters is 1. The fourth-order valence-electron chi connectivity index (χ4n) is 1.33. The predicted molar refractivity (Wildman–Crippen MR) is 45.0 cm³/mol. The molecule has 0 aromatic carbocycles. The smallest absolute Gasteiger partial charge is 0.413 e. The summed E-state index contributed by atoms with van der Waals surface area (Å²) in [5, 5.41) is 8.95. The van der Waals surface area contributed by atoms with Gasteiger partial charge in [-0.2, -0.15) is 13.2 Å². The van der Waals surface area contributed by atoms with Crippen molar-refractivity contribution in [3.63, 3.8) is 0 Å². The summed E-state index contributed by atoms with van der Waals surface area (Å²) in [5.41, 5.74) is -1.07. The first kappa shape index (κ1) is 11.6. The monoisotopic (exact) mass is 222 g/mol. The SMILES string of the molecule is COC(=O)C1CC=C(O)C=C1C(F)(F)F. The van der Waals surface area contributed by atoms with E-state index in [1.807, 2.05) is 0 Å². The zero-order chi connectivity index (χ0) is 11.6. The lowest BCUT2D eigenvalue weighted by Gasteiger charge is -2.22. The summed E-state index contributed by atoms with van der Waals surface area (Å²) in [6.07, 6.45) is -3.15. The molecule has 0 fully saturated rings. The molecule has 0 amide bonds. The van der Waals surface area contributed by atoms with Crippen molar-refractivity contribution in [3.8, 4) is 0 Å². The molecule has 0 saturated carbocycles. The Morgan fingerprint density at radius 2 is 2.20 bits per heavy atom. The second-order valence-corrected chi connectivity index (χ2v) is 3.04. The average Bonchev–Trinajstić information content (AvgIpc) is 2.15. The third-order valence-corrected chi connectivity index (χ3v) is 2.05. The van der Waals surface area contributed by atoms with Gasteiger partial charge in [-0.1, -0.05) is 0 Å². The number of aliphatic hydroxyl groups excluding tert-OH is 1. The lowest BCUT2D eigenvalue weighted by atomic mass is 9.90. The normalized spacial score (nSPS) is 21.7. The summed E-state index contributed by atoms with van der Waals surface area (Å²) in [5.74, 6) is -2.82. The van der Waals surface area contributed by atoms with E-state index in [2.05, 4.69) is 4.74 Å². The molecule has 0 spiro atoms. The van der Waals surface area contributed by atoms with Crippen molar-refractivity contribution >= 4 is 5.97 Å². The molecular formula is C9H9F3O3. The largest absolute Gasteiger partial charge is 0.508 e. The molecule has 0 aromatic rings. The number of carbonyl (C=O) groups excluding carboxylic acids is 1. The van der Waals surface area contributed by atoms with Crippen molar-refractivity contribution in [3.05, 3.63) is 23.5 Å². The molecule has 15 heavy (non-hydrogen) atoms. The van der Waals surface area contributed by atoms with E-state index in [0.717, 1.165) is 13.2 Å². The Morgan fingerprint density at radius 1 is 1.60 bits per heavy atom. The van der Waals surface area contributed by atoms with Crippen LogP contribution in [0.25, 0.3) is 0 Å². The lowest BCUT2D eigenvalue weighted by Crippen LogP contribution is -2.28. The minimum atomic E-state index is -4.64. The van der Waals surface area contributed by atoms with E-state index in [1.165, 1.54) is 0 Å². The number of methoxy groups -OCH3 is 1. The number of hydrogen-bond acceptors (Lipinski definition) is 3. The van der Waals surface area contributed by atoms with Crippen LogP contribution in [-0.2, 0) is 9.53 Å². The number of halogens is 3. The molecule has 0 aliphatic heterocycles. The van der Waals surface area contributed by atoms with Crippen LogP contribution in [0.2, 0.25) is 0 Å². The van der Waals surface area contributed by atoms with Crippen LogP contribution in [0.15, 0.2) is 23.5 Å². The van der Waals surface area contributed by atoms with Gasteiger partial charge in [0.15, 0.2) is 0 Å². The first-order chi connectivity index (χ1) is 6.86. The minimum Gasteiger partial charge on any atom is -0.508 e. The van der Waals surface area contributed by atoms with Crippen molar-refractivity contribution in [2.75, 3.05) is 7.11 Å². The minimum absolute atomic E-state index is 0.205. The first-order valence-corrected chi connectivity index (χ1v) is 4.12. The highest BCUT2D eigenvalue weighted by Gasteiger charge is 2.43. The number of rotatable bonds is 1. The van der Waals surface area contributed by atoms with Crippen LogP contribution in [0, 0.1) is 5.92 Å². The van der Waals surface area contributed by atoms with Gasteiger partial charge in [0.1, 0.15) is 5.76 Å². The van der Waals surface area contributed by atoms with E-state index in [0.29, 0.717) is 6.08 Å². The molecule has 0 radical (unpaired) electrons. The first-order valence-electron chi connectivity index (χ1n) is 4.12. The average molecular weight is 222 g/mol. The van der Waals surface area contributed by atoms with Gasteiger partial charge in [-0.25, -0.2) is 0 Å². The summed E-state index contributed by atoms with van der Waals surface area (Å²) in [6.45, 7) is 0. The van der Waals surface area contributed by atoms with Crippen molar-refractivity contribution < 1.29 is 27.8 Å². The van der Waals surface area contributed by atoms with Crippen molar-refractivity contribution in [2.45, 2.75) is 12.6 Å². The highest BCUT2D eigenvalue weighted by Crippen LogP contribution is 2.37. The van der Waals surface area contributed by atoms with E-state index in [9.17, 15) is 18.0 Å². The van der Waals surface area contributed by atoms with Gasteiger partial charge in [-0.15, -0.1) is 0 Å². The molecule has 0 bridgehead atoms. The molecule has 6 heteroatoms. The van der Waals surface area contributed by atoms with Crippen LogP contribution in [0.1, 0.15) is 6.42 Å². The van der Waals surface area contributed by atoms with E-state index in [4.69, 9.17) is 5.11 Å². The Hall–Kier alpha value is -1.46. The molecule has 1 aliphatic carbocycles. The van der Waals surface area contributed by atoms with Gasteiger partial charge in [-0.3, -0.25) is 4.79 Å². The summed E-state index contributed by atoms with van der Waals surface area (Å²) in [7, 11) is 1.02. The number of carbonyl (C=O) groups is 1. The topological polar surface area (TPSA) is 46.5 Å². The molecule has 1 unspecified atom stereocenters. The molecule has 1 rings (SSSR count). The molecule has 1 aliphatic rings. The number of ether oxygens (including phenoxy) is 1. The number of alkyl halides is 3. The quantitative estimate of drug-likeness (QED) is 0.691. The Kier molecular flexibility index (Phi) is 3.06. The molecule has 1 N–H and O–H groups in total. The Labute approximate surface area is 83.8 Å². The maximum Gasteiger partial charge on any atom is 0.413 e. The van der Waals surface area contributed by atoms with Crippen molar-refractivity contribution in [1.82, 2.24) is 0 Å². The zero-order valence-corrected chi connectivity index (χ0v) is 7.84. The summed E-state index contributed by atoms with van der Waals surface area (Å²) >= 11 is 0. The maximum absolute atomic E-state index is 12.4. The predicted octanol–water partition coefficient (Wildman–Crippen LogP) is 2.11. The maximum atomic E-state index is 12.4. The Morgan fingerprint density at radius 3 is 2.67 bits per heavy atom. The van der Waals surface area contributed by atoms with Gasteiger partial charge in [0.2, 0.25) is 0 Å². The fourth-order valence-corrected chi connectivity index (χ4v) is 1.33. The molecule has 3 nitrogen and oxygen atoms in total. The van der Waals surface area contributed by atoms with Gasteiger partial charge in [0, 0.05) is 0 Å². The highest BCUT2D eigenvalue weighted by molar-refractivity contribution is 5.77. The second kappa shape index (κ2) is 3.96. The lowest BCUT2D eigenvalue weighted by molar-refractivity contribution is -0.149.